The number of aromatic nitrogens is 2. The Morgan fingerprint density at radius 3 is 2.81 bits per heavy atom. The molecule has 1 unspecified atom stereocenters. The molecule has 1 aliphatic heterocycles. The lowest BCUT2D eigenvalue weighted by Gasteiger charge is -2.22. The Labute approximate surface area is 95.8 Å². The minimum atomic E-state index is 0.119. The quantitative estimate of drug-likeness (QED) is 0.841. The highest BCUT2D eigenvalue weighted by atomic mass is 16.5. The van der Waals surface area contributed by atoms with Crippen molar-refractivity contribution in [2.24, 2.45) is 0 Å². The van der Waals surface area contributed by atoms with Gasteiger partial charge in [0, 0.05) is 6.20 Å². The number of nitrogens with zero attached hydrogens (tertiary/aromatic N) is 2. The van der Waals surface area contributed by atoms with Crippen LogP contribution in [-0.2, 0) is 4.74 Å². The third kappa shape index (κ3) is 2.39. The van der Waals surface area contributed by atoms with E-state index in [1.54, 1.807) is 6.20 Å². The molecule has 2 rings (SSSR count). The second kappa shape index (κ2) is 5.07. The van der Waals surface area contributed by atoms with Crippen LogP contribution in [-0.4, -0.2) is 23.6 Å². The standard InChI is InChI=1S/C12H17N3O/c1-9-6-15-11(7-14-9)12(13-2)10-4-3-5-16-8-10/h6-8,12-13H,3-5H2,1-2H3. The molecule has 0 spiro atoms. The molecular formula is C12H17N3O. The van der Waals surface area contributed by atoms with Crippen LogP contribution in [0.15, 0.2) is 24.2 Å². The average Bonchev–Trinajstić information content (AvgIpc) is 2.34. The summed E-state index contributed by atoms with van der Waals surface area (Å²) in [7, 11) is 1.93. The topological polar surface area (TPSA) is 47.0 Å². The second-order valence-electron chi connectivity index (χ2n) is 3.97. The van der Waals surface area contributed by atoms with Gasteiger partial charge in [-0.1, -0.05) is 0 Å². The molecule has 1 N–H and O–H groups in total. The van der Waals surface area contributed by atoms with Gasteiger partial charge >= 0.3 is 0 Å². The van der Waals surface area contributed by atoms with Crippen LogP contribution in [0.2, 0.25) is 0 Å². The molecule has 2 heterocycles. The van der Waals surface area contributed by atoms with Crippen LogP contribution in [0.1, 0.15) is 30.3 Å². The van der Waals surface area contributed by atoms with E-state index in [9.17, 15) is 0 Å². The lowest BCUT2D eigenvalue weighted by atomic mass is 10.00. The average molecular weight is 219 g/mol. The summed E-state index contributed by atoms with van der Waals surface area (Å²) in [6.45, 7) is 2.76. The molecule has 1 aromatic rings. The summed E-state index contributed by atoms with van der Waals surface area (Å²) in [6, 6.07) is 0.119. The molecule has 1 atom stereocenters. The van der Waals surface area contributed by atoms with E-state index in [-0.39, 0.29) is 6.04 Å². The molecule has 16 heavy (non-hydrogen) atoms. The van der Waals surface area contributed by atoms with Gasteiger partial charge in [-0.25, -0.2) is 0 Å². The van der Waals surface area contributed by atoms with E-state index in [1.807, 2.05) is 26.4 Å². The molecule has 0 saturated heterocycles. The van der Waals surface area contributed by atoms with Crippen LogP contribution in [0.25, 0.3) is 0 Å². The first-order chi connectivity index (χ1) is 7.81. The van der Waals surface area contributed by atoms with Gasteiger partial charge in [-0.05, 0) is 32.4 Å². The van der Waals surface area contributed by atoms with Crippen molar-refractivity contribution in [1.29, 1.82) is 0 Å². The predicted octanol–water partition coefficient (Wildman–Crippen LogP) is 1.74. The normalized spacial score (nSPS) is 17.5. The molecule has 4 heteroatoms. The third-order valence-corrected chi connectivity index (χ3v) is 2.72. The molecule has 1 aromatic heterocycles. The first-order valence-electron chi connectivity index (χ1n) is 5.57. The lowest BCUT2D eigenvalue weighted by molar-refractivity contribution is 0.219. The van der Waals surface area contributed by atoms with Gasteiger partial charge in [0.1, 0.15) is 0 Å². The summed E-state index contributed by atoms with van der Waals surface area (Å²) in [4.78, 5) is 8.68. The number of ether oxygens (including phenoxy) is 1. The molecule has 1 aliphatic rings. The summed E-state index contributed by atoms with van der Waals surface area (Å²) < 4.78 is 5.36. The van der Waals surface area contributed by atoms with Crippen molar-refractivity contribution in [3.05, 3.63) is 35.6 Å². The zero-order chi connectivity index (χ0) is 11.4. The molecular weight excluding hydrogens is 202 g/mol. The van der Waals surface area contributed by atoms with Crippen molar-refractivity contribution in [1.82, 2.24) is 15.3 Å². The molecule has 0 bridgehead atoms. The maximum atomic E-state index is 5.36. The number of rotatable bonds is 3. The summed E-state index contributed by atoms with van der Waals surface area (Å²) in [5, 5.41) is 3.26. The van der Waals surface area contributed by atoms with Crippen LogP contribution in [0, 0.1) is 6.92 Å². The maximum Gasteiger partial charge on any atom is 0.0876 e. The van der Waals surface area contributed by atoms with Gasteiger partial charge in [0.25, 0.3) is 0 Å². The van der Waals surface area contributed by atoms with Crippen molar-refractivity contribution in [3.63, 3.8) is 0 Å². The van der Waals surface area contributed by atoms with Gasteiger partial charge in [-0.3, -0.25) is 9.97 Å². The van der Waals surface area contributed by atoms with Crippen LogP contribution in [0.4, 0.5) is 0 Å². The fourth-order valence-corrected chi connectivity index (χ4v) is 1.87. The van der Waals surface area contributed by atoms with Crippen molar-refractivity contribution < 1.29 is 4.74 Å². The zero-order valence-corrected chi connectivity index (χ0v) is 9.73. The molecule has 0 radical (unpaired) electrons. The van der Waals surface area contributed by atoms with E-state index < -0.39 is 0 Å². The van der Waals surface area contributed by atoms with Gasteiger partial charge in [0.2, 0.25) is 0 Å². The second-order valence-corrected chi connectivity index (χ2v) is 3.97. The largest absolute Gasteiger partial charge is 0.501 e. The Bertz CT molecular complexity index is 372. The van der Waals surface area contributed by atoms with Gasteiger partial charge in [0.15, 0.2) is 0 Å². The fourth-order valence-electron chi connectivity index (χ4n) is 1.87. The SMILES string of the molecule is CNC(C1=COCCC1)c1cnc(C)cn1. The minimum Gasteiger partial charge on any atom is -0.501 e. The number of hydrogen-bond acceptors (Lipinski definition) is 4. The molecule has 0 aliphatic carbocycles. The molecule has 0 fully saturated rings. The molecule has 0 saturated carbocycles. The minimum absolute atomic E-state index is 0.119. The Morgan fingerprint density at radius 2 is 2.25 bits per heavy atom. The fraction of sp³-hybridized carbons (Fsp3) is 0.500. The van der Waals surface area contributed by atoms with E-state index in [4.69, 9.17) is 4.74 Å². The van der Waals surface area contributed by atoms with Gasteiger partial charge in [0.05, 0.1) is 36.5 Å². The number of likely N-dealkylation sites (N-methyl/N-ethyl adjacent to an activating group) is 1. The summed E-state index contributed by atoms with van der Waals surface area (Å²) in [5.41, 5.74) is 3.13. The molecule has 4 nitrogen and oxygen atoms in total. The van der Waals surface area contributed by atoms with Gasteiger partial charge in [-0.2, -0.15) is 0 Å². The number of hydrogen-bond donors (Lipinski definition) is 1. The Morgan fingerprint density at radius 1 is 1.38 bits per heavy atom. The molecule has 86 valence electrons. The monoisotopic (exact) mass is 219 g/mol. The maximum absolute atomic E-state index is 5.36. The smallest absolute Gasteiger partial charge is 0.0876 e. The predicted molar refractivity (Wildman–Crippen MR) is 61.8 cm³/mol. The van der Waals surface area contributed by atoms with Crippen molar-refractivity contribution in [3.8, 4) is 0 Å². The highest BCUT2D eigenvalue weighted by Crippen LogP contribution is 2.25. The Hall–Kier alpha value is -1.42. The van der Waals surface area contributed by atoms with Gasteiger partial charge in [-0.15, -0.1) is 0 Å². The van der Waals surface area contributed by atoms with Crippen molar-refractivity contribution in [2.45, 2.75) is 25.8 Å². The van der Waals surface area contributed by atoms with E-state index in [1.165, 1.54) is 5.57 Å². The van der Waals surface area contributed by atoms with Crippen LogP contribution in [0.5, 0.6) is 0 Å². The number of aryl methyl sites for hydroxylation is 1. The first-order valence-corrected chi connectivity index (χ1v) is 5.57. The van der Waals surface area contributed by atoms with E-state index in [0.29, 0.717) is 0 Å². The summed E-state index contributed by atoms with van der Waals surface area (Å²) in [6.07, 6.45) is 7.60. The highest BCUT2D eigenvalue weighted by molar-refractivity contribution is 5.20. The Kier molecular flexibility index (Phi) is 3.51. The van der Waals surface area contributed by atoms with Crippen molar-refractivity contribution in [2.75, 3.05) is 13.7 Å². The first kappa shape index (κ1) is 11.1. The molecule has 0 amide bonds. The lowest BCUT2D eigenvalue weighted by Crippen LogP contribution is -2.22. The van der Waals surface area contributed by atoms with Gasteiger partial charge < -0.3 is 10.1 Å². The third-order valence-electron chi connectivity index (χ3n) is 2.72. The number of nitrogens with one attached hydrogen (secondary N) is 1. The zero-order valence-electron chi connectivity index (χ0n) is 9.73. The van der Waals surface area contributed by atoms with E-state index in [2.05, 4.69) is 15.3 Å². The van der Waals surface area contributed by atoms with Crippen molar-refractivity contribution >= 4 is 0 Å². The van der Waals surface area contributed by atoms with Crippen LogP contribution < -0.4 is 5.32 Å². The van der Waals surface area contributed by atoms with Crippen LogP contribution >= 0.6 is 0 Å². The highest BCUT2D eigenvalue weighted by Gasteiger charge is 2.18. The summed E-state index contributed by atoms with van der Waals surface area (Å²) >= 11 is 0. The Balaban J connectivity index is 2.21. The van der Waals surface area contributed by atoms with E-state index >= 15 is 0 Å². The van der Waals surface area contributed by atoms with Crippen LogP contribution in [0.3, 0.4) is 0 Å². The summed E-state index contributed by atoms with van der Waals surface area (Å²) in [5.74, 6) is 0. The van der Waals surface area contributed by atoms with E-state index in [0.717, 1.165) is 30.8 Å². The molecule has 0 aromatic carbocycles.